The summed E-state index contributed by atoms with van der Waals surface area (Å²) in [4.78, 5) is 20.9. The van der Waals surface area contributed by atoms with Crippen molar-refractivity contribution in [1.82, 2.24) is 0 Å². The van der Waals surface area contributed by atoms with Gasteiger partial charge in [-0.15, -0.1) is 0 Å². The highest BCUT2D eigenvalue weighted by Crippen LogP contribution is 2.24. The lowest BCUT2D eigenvalue weighted by atomic mass is 10.1. The molecule has 0 unspecified atom stereocenters. The zero-order chi connectivity index (χ0) is 10.0. The fourth-order valence-electron chi connectivity index (χ4n) is 0.834. The van der Waals surface area contributed by atoms with E-state index in [4.69, 9.17) is 5.11 Å². The number of phenols is 1. The minimum absolute atomic E-state index is 0.00991. The molecule has 0 atom stereocenters. The molecular formula is C8H5IO4. The normalized spacial score (nSPS) is 9.62. The third kappa shape index (κ3) is 1.97. The first-order chi connectivity index (χ1) is 6.06. The van der Waals surface area contributed by atoms with Crippen LogP contribution in [0.3, 0.4) is 0 Å². The highest BCUT2D eigenvalue weighted by Gasteiger charge is 2.11. The van der Waals surface area contributed by atoms with Gasteiger partial charge in [0.2, 0.25) is 0 Å². The lowest BCUT2D eigenvalue weighted by Crippen LogP contribution is -1.98. The van der Waals surface area contributed by atoms with Crippen LogP contribution in [0.4, 0.5) is 0 Å². The van der Waals surface area contributed by atoms with E-state index in [1.54, 1.807) is 22.6 Å². The van der Waals surface area contributed by atoms with Crippen LogP contribution in [0.5, 0.6) is 5.75 Å². The fraction of sp³-hybridized carbons (Fsp3) is 0. The predicted octanol–water partition coefficient (Wildman–Crippen LogP) is 1.51. The summed E-state index contributed by atoms with van der Waals surface area (Å²) in [6.45, 7) is 0. The highest BCUT2D eigenvalue weighted by atomic mass is 127. The Morgan fingerprint density at radius 3 is 2.54 bits per heavy atom. The molecule has 1 rings (SSSR count). The summed E-state index contributed by atoms with van der Waals surface area (Å²) in [6, 6.07) is 2.43. The van der Waals surface area contributed by atoms with Crippen LogP contribution in [0, 0.1) is 3.57 Å². The summed E-state index contributed by atoms with van der Waals surface area (Å²) in [5, 5.41) is 17.9. The number of aromatic hydroxyl groups is 1. The molecule has 0 saturated heterocycles. The maximum Gasteiger partial charge on any atom is 0.335 e. The Morgan fingerprint density at radius 2 is 2.08 bits per heavy atom. The molecule has 1 aromatic rings. The first-order valence-electron chi connectivity index (χ1n) is 3.27. The van der Waals surface area contributed by atoms with Crippen LogP contribution in [-0.4, -0.2) is 22.5 Å². The van der Waals surface area contributed by atoms with Crippen LogP contribution in [0.15, 0.2) is 12.1 Å². The van der Waals surface area contributed by atoms with Gasteiger partial charge >= 0.3 is 5.97 Å². The fourth-order valence-corrected chi connectivity index (χ4v) is 1.48. The molecule has 13 heavy (non-hydrogen) atoms. The average molecular weight is 292 g/mol. The monoisotopic (exact) mass is 292 g/mol. The van der Waals surface area contributed by atoms with Gasteiger partial charge in [0.05, 0.1) is 14.7 Å². The van der Waals surface area contributed by atoms with Gasteiger partial charge in [0.25, 0.3) is 0 Å². The maximum absolute atomic E-state index is 10.5. The van der Waals surface area contributed by atoms with Crippen LogP contribution in [0.25, 0.3) is 0 Å². The molecule has 0 radical (unpaired) electrons. The molecule has 0 bridgehead atoms. The number of hydrogen-bond donors (Lipinski definition) is 2. The summed E-state index contributed by atoms with van der Waals surface area (Å²) >= 11 is 1.76. The summed E-state index contributed by atoms with van der Waals surface area (Å²) in [6.07, 6.45) is 0.421. The second-order valence-corrected chi connectivity index (χ2v) is 3.48. The lowest BCUT2D eigenvalue weighted by Gasteiger charge is -2.01. The van der Waals surface area contributed by atoms with Crippen molar-refractivity contribution in [2.24, 2.45) is 0 Å². The Bertz CT molecular complexity index is 373. The molecule has 0 aliphatic heterocycles. The van der Waals surface area contributed by atoms with E-state index in [2.05, 4.69) is 0 Å². The molecule has 0 aromatic heterocycles. The number of carbonyl (C=O) groups is 2. The number of benzene rings is 1. The van der Waals surface area contributed by atoms with Gasteiger partial charge in [-0.25, -0.2) is 4.79 Å². The zero-order valence-electron chi connectivity index (χ0n) is 6.32. The summed E-state index contributed by atoms with van der Waals surface area (Å²) in [7, 11) is 0. The van der Waals surface area contributed by atoms with E-state index >= 15 is 0 Å². The minimum Gasteiger partial charge on any atom is -0.506 e. The molecule has 0 heterocycles. The van der Waals surface area contributed by atoms with Gasteiger partial charge in [-0.1, -0.05) is 0 Å². The zero-order valence-corrected chi connectivity index (χ0v) is 8.48. The Balaban J connectivity index is 3.38. The van der Waals surface area contributed by atoms with E-state index in [1.165, 1.54) is 6.07 Å². The van der Waals surface area contributed by atoms with Gasteiger partial charge in [0.15, 0.2) is 6.29 Å². The van der Waals surface area contributed by atoms with Crippen molar-refractivity contribution in [3.05, 3.63) is 26.8 Å². The molecule has 0 saturated carbocycles. The molecule has 68 valence electrons. The maximum atomic E-state index is 10.5. The number of carbonyl (C=O) groups excluding carboxylic acids is 1. The second kappa shape index (κ2) is 3.73. The van der Waals surface area contributed by atoms with E-state index in [0.29, 0.717) is 9.86 Å². The van der Waals surface area contributed by atoms with E-state index < -0.39 is 5.97 Å². The number of phenolic OH excluding ortho intramolecular Hbond substituents is 1. The molecule has 0 amide bonds. The number of carboxylic acids is 1. The Morgan fingerprint density at radius 1 is 1.46 bits per heavy atom. The van der Waals surface area contributed by atoms with Crippen molar-refractivity contribution in [3.63, 3.8) is 0 Å². The first-order valence-corrected chi connectivity index (χ1v) is 4.35. The summed E-state index contributed by atoms with van der Waals surface area (Å²) < 4.78 is 0.347. The molecule has 5 heteroatoms. The van der Waals surface area contributed by atoms with Gasteiger partial charge in [0.1, 0.15) is 5.75 Å². The van der Waals surface area contributed by atoms with Gasteiger partial charge in [-0.2, -0.15) is 0 Å². The van der Waals surface area contributed by atoms with Crippen LogP contribution in [0.1, 0.15) is 20.7 Å². The lowest BCUT2D eigenvalue weighted by molar-refractivity contribution is 0.0697. The van der Waals surface area contributed by atoms with Crippen LogP contribution in [-0.2, 0) is 0 Å². The van der Waals surface area contributed by atoms with E-state index in [9.17, 15) is 14.7 Å². The Kier molecular flexibility index (Phi) is 2.86. The smallest absolute Gasteiger partial charge is 0.335 e. The van der Waals surface area contributed by atoms with Gasteiger partial charge in [-0.05, 0) is 34.7 Å². The largest absolute Gasteiger partial charge is 0.506 e. The quantitative estimate of drug-likeness (QED) is 0.640. The number of aromatic carboxylic acids is 1. The molecule has 0 aliphatic carbocycles. The molecule has 1 aromatic carbocycles. The Labute approximate surface area is 87.3 Å². The number of aldehydes is 1. The van der Waals surface area contributed by atoms with E-state index in [0.717, 1.165) is 6.07 Å². The first kappa shape index (κ1) is 9.97. The average Bonchev–Trinajstić information content (AvgIpc) is 2.09. The number of carboxylic acid groups (broad SMARTS) is 1. The number of hydrogen-bond acceptors (Lipinski definition) is 3. The van der Waals surface area contributed by atoms with Crippen LogP contribution >= 0.6 is 22.6 Å². The van der Waals surface area contributed by atoms with Crippen molar-refractivity contribution < 1.29 is 19.8 Å². The molecule has 0 spiro atoms. The van der Waals surface area contributed by atoms with Crippen molar-refractivity contribution in [3.8, 4) is 5.75 Å². The third-order valence-corrected chi connectivity index (χ3v) is 2.29. The van der Waals surface area contributed by atoms with Crippen molar-refractivity contribution in [2.45, 2.75) is 0 Å². The van der Waals surface area contributed by atoms with Crippen molar-refractivity contribution in [1.29, 1.82) is 0 Å². The van der Waals surface area contributed by atoms with Crippen molar-refractivity contribution in [2.75, 3.05) is 0 Å². The second-order valence-electron chi connectivity index (χ2n) is 2.32. The highest BCUT2D eigenvalue weighted by molar-refractivity contribution is 14.1. The van der Waals surface area contributed by atoms with E-state index in [-0.39, 0.29) is 16.9 Å². The minimum atomic E-state index is -1.12. The number of halogens is 1. The summed E-state index contributed by atoms with van der Waals surface area (Å²) in [5.41, 5.74) is -0.0198. The molecule has 0 fully saturated rings. The van der Waals surface area contributed by atoms with Crippen LogP contribution in [0.2, 0.25) is 0 Å². The Hall–Kier alpha value is -1.11. The molecule has 2 N–H and O–H groups in total. The standard InChI is InChI=1S/C8H5IO4/c9-6-2-4(8(12)13)1-5(3-10)7(6)11/h1-3,11H,(H,12,13). The topological polar surface area (TPSA) is 74.6 Å². The molecule has 0 aliphatic rings. The predicted molar refractivity (Wildman–Crippen MR) is 53.2 cm³/mol. The molecular weight excluding hydrogens is 287 g/mol. The summed E-state index contributed by atoms with van der Waals surface area (Å²) in [5.74, 6) is -1.30. The third-order valence-electron chi connectivity index (χ3n) is 1.47. The van der Waals surface area contributed by atoms with Crippen LogP contribution < -0.4 is 0 Å². The van der Waals surface area contributed by atoms with Gasteiger partial charge in [-0.3, -0.25) is 4.79 Å². The molecule has 4 nitrogen and oxygen atoms in total. The van der Waals surface area contributed by atoms with Gasteiger partial charge < -0.3 is 10.2 Å². The number of rotatable bonds is 2. The van der Waals surface area contributed by atoms with E-state index in [1.807, 2.05) is 0 Å². The van der Waals surface area contributed by atoms with Crippen molar-refractivity contribution >= 4 is 34.8 Å². The SMILES string of the molecule is O=Cc1cc(C(=O)O)cc(I)c1O. The van der Waals surface area contributed by atoms with Gasteiger partial charge in [0, 0.05) is 0 Å².